The number of amides is 1. The number of thiazole rings is 1. The third kappa shape index (κ3) is 3.56. The molecule has 0 atom stereocenters. The van der Waals surface area contributed by atoms with Crippen molar-refractivity contribution in [1.82, 2.24) is 15.3 Å². The molecule has 2 N–H and O–H groups in total. The Hall–Kier alpha value is -1.62. The summed E-state index contributed by atoms with van der Waals surface area (Å²) in [5.74, 6) is 1.28. The number of hydrogen-bond acceptors (Lipinski definition) is 3. The molecular formula is C19H25N3OS. The Morgan fingerprint density at radius 1 is 1.21 bits per heavy atom. The van der Waals surface area contributed by atoms with Crippen LogP contribution in [-0.4, -0.2) is 22.4 Å². The molecule has 0 aliphatic heterocycles. The number of carbonyl (C=O) groups excluding carboxylic acids is 1. The smallest absolute Gasteiger partial charge is 0.253 e. The third-order valence-electron chi connectivity index (χ3n) is 5.23. The van der Waals surface area contributed by atoms with Crippen LogP contribution in [0.25, 0.3) is 0 Å². The zero-order valence-electron chi connectivity index (χ0n) is 14.0. The Bertz CT molecular complexity index is 695. The number of rotatable bonds is 6. The summed E-state index contributed by atoms with van der Waals surface area (Å²) in [5, 5.41) is 6.43. The fraction of sp³-hybridized carbons (Fsp3) is 0.579. The van der Waals surface area contributed by atoms with Crippen molar-refractivity contribution in [3.05, 3.63) is 39.6 Å². The van der Waals surface area contributed by atoms with Crippen molar-refractivity contribution in [2.24, 2.45) is 0 Å². The second kappa shape index (κ2) is 7.09. The first kappa shape index (κ1) is 15.9. The van der Waals surface area contributed by atoms with Gasteiger partial charge in [-0.3, -0.25) is 4.79 Å². The van der Waals surface area contributed by atoms with Gasteiger partial charge in [0.25, 0.3) is 5.91 Å². The van der Waals surface area contributed by atoms with Crippen LogP contribution in [0.15, 0.2) is 17.6 Å². The van der Waals surface area contributed by atoms with Gasteiger partial charge in [-0.1, -0.05) is 19.3 Å². The van der Waals surface area contributed by atoms with E-state index < -0.39 is 0 Å². The van der Waals surface area contributed by atoms with Crippen LogP contribution >= 0.6 is 11.3 Å². The zero-order valence-corrected chi connectivity index (χ0v) is 14.8. The lowest BCUT2D eigenvalue weighted by atomic mass is 9.87. The molecule has 2 fully saturated rings. The molecule has 2 aromatic rings. The number of aromatic nitrogens is 2. The van der Waals surface area contributed by atoms with E-state index in [1.54, 1.807) is 11.3 Å². The normalized spacial score (nSPS) is 18.7. The van der Waals surface area contributed by atoms with Crippen LogP contribution in [0.5, 0.6) is 0 Å². The average Bonchev–Trinajstić information content (AvgIpc) is 3.15. The van der Waals surface area contributed by atoms with Gasteiger partial charge in [0.15, 0.2) is 0 Å². The molecule has 24 heavy (non-hydrogen) atoms. The van der Waals surface area contributed by atoms with Crippen LogP contribution in [0.3, 0.4) is 0 Å². The summed E-state index contributed by atoms with van der Waals surface area (Å²) < 4.78 is 0. The molecule has 4 rings (SSSR count). The van der Waals surface area contributed by atoms with Gasteiger partial charge < -0.3 is 10.3 Å². The lowest BCUT2D eigenvalue weighted by molar-refractivity contribution is 0.0953. The Morgan fingerprint density at radius 2 is 2.04 bits per heavy atom. The molecule has 2 aliphatic carbocycles. The van der Waals surface area contributed by atoms with Gasteiger partial charge >= 0.3 is 0 Å². The summed E-state index contributed by atoms with van der Waals surface area (Å²) in [7, 11) is 0. The van der Waals surface area contributed by atoms with Crippen molar-refractivity contribution < 1.29 is 4.79 Å². The SMILES string of the molecule is O=C(NCCc1nc(C2CCCCC2)cs1)c1cc[nH]c1C1CC1. The molecule has 0 radical (unpaired) electrons. The second-order valence-corrected chi connectivity index (χ2v) is 8.03. The van der Waals surface area contributed by atoms with Gasteiger partial charge in [-0.25, -0.2) is 4.98 Å². The molecule has 0 saturated heterocycles. The van der Waals surface area contributed by atoms with Crippen molar-refractivity contribution in [1.29, 1.82) is 0 Å². The third-order valence-corrected chi connectivity index (χ3v) is 6.15. The summed E-state index contributed by atoms with van der Waals surface area (Å²) in [5.41, 5.74) is 3.21. The van der Waals surface area contributed by atoms with Crippen LogP contribution in [0.1, 0.15) is 83.5 Å². The first-order valence-corrected chi connectivity index (χ1v) is 10.1. The predicted octanol–water partition coefficient (Wildman–Crippen LogP) is 4.37. The van der Waals surface area contributed by atoms with E-state index in [4.69, 9.17) is 4.98 Å². The Morgan fingerprint density at radius 3 is 2.83 bits per heavy atom. The molecule has 0 spiro atoms. The quantitative estimate of drug-likeness (QED) is 0.818. The van der Waals surface area contributed by atoms with Crippen molar-refractivity contribution in [2.75, 3.05) is 6.54 Å². The lowest BCUT2D eigenvalue weighted by Crippen LogP contribution is -2.26. The summed E-state index contributed by atoms with van der Waals surface area (Å²) in [6.45, 7) is 0.658. The highest BCUT2D eigenvalue weighted by atomic mass is 32.1. The van der Waals surface area contributed by atoms with Gasteiger partial charge in [0.05, 0.1) is 16.3 Å². The van der Waals surface area contributed by atoms with Gasteiger partial charge in [-0.2, -0.15) is 0 Å². The van der Waals surface area contributed by atoms with E-state index in [1.807, 2.05) is 12.3 Å². The maximum Gasteiger partial charge on any atom is 0.253 e. The van der Waals surface area contributed by atoms with Gasteiger partial charge in [-0.05, 0) is 37.7 Å². The summed E-state index contributed by atoms with van der Waals surface area (Å²) >= 11 is 1.74. The predicted molar refractivity (Wildman–Crippen MR) is 96.7 cm³/mol. The monoisotopic (exact) mass is 343 g/mol. The van der Waals surface area contributed by atoms with E-state index in [1.165, 1.54) is 50.6 Å². The van der Waals surface area contributed by atoms with E-state index >= 15 is 0 Å². The van der Waals surface area contributed by atoms with E-state index in [-0.39, 0.29) is 5.91 Å². The van der Waals surface area contributed by atoms with Gasteiger partial charge in [-0.15, -0.1) is 11.3 Å². The first-order chi connectivity index (χ1) is 11.8. The van der Waals surface area contributed by atoms with Crippen LogP contribution < -0.4 is 5.32 Å². The fourth-order valence-electron chi connectivity index (χ4n) is 3.69. The molecule has 5 heteroatoms. The number of carbonyl (C=O) groups is 1. The minimum absolute atomic E-state index is 0.0437. The molecule has 2 heterocycles. The number of aromatic amines is 1. The molecular weight excluding hydrogens is 318 g/mol. The molecule has 0 bridgehead atoms. The second-order valence-electron chi connectivity index (χ2n) is 7.09. The van der Waals surface area contributed by atoms with Gasteiger partial charge in [0.1, 0.15) is 0 Å². The largest absolute Gasteiger partial charge is 0.364 e. The Kier molecular flexibility index (Phi) is 4.69. The fourth-order valence-corrected chi connectivity index (χ4v) is 4.57. The Labute approximate surface area is 147 Å². The van der Waals surface area contributed by atoms with E-state index in [0.29, 0.717) is 18.4 Å². The maximum absolute atomic E-state index is 12.4. The average molecular weight is 343 g/mol. The van der Waals surface area contributed by atoms with Crippen LogP contribution in [0, 0.1) is 0 Å². The topological polar surface area (TPSA) is 57.8 Å². The van der Waals surface area contributed by atoms with Gasteiger partial charge in [0.2, 0.25) is 0 Å². The maximum atomic E-state index is 12.4. The highest BCUT2D eigenvalue weighted by Crippen LogP contribution is 2.40. The van der Waals surface area contributed by atoms with Crippen LogP contribution in [0.2, 0.25) is 0 Å². The molecule has 1 amide bonds. The van der Waals surface area contributed by atoms with Crippen molar-refractivity contribution in [2.45, 2.75) is 63.2 Å². The van der Waals surface area contributed by atoms with E-state index in [0.717, 1.165) is 22.7 Å². The number of nitrogens with one attached hydrogen (secondary N) is 2. The molecule has 4 nitrogen and oxygen atoms in total. The number of hydrogen-bond donors (Lipinski definition) is 2. The van der Waals surface area contributed by atoms with Crippen molar-refractivity contribution >= 4 is 17.2 Å². The molecule has 2 aliphatic rings. The highest BCUT2D eigenvalue weighted by molar-refractivity contribution is 7.09. The highest BCUT2D eigenvalue weighted by Gasteiger charge is 2.29. The summed E-state index contributed by atoms with van der Waals surface area (Å²) in [6.07, 6.45) is 11.7. The lowest BCUT2D eigenvalue weighted by Gasteiger charge is -2.19. The number of H-pyrrole nitrogens is 1. The van der Waals surface area contributed by atoms with E-state index in [2.05, 4.69) is 15.7 Å². The van der Waals surface area contributed by atoms with E-state index in [9.17, 15) is 4.79 Å². The molecule has 0 unspecified atom stereocenters. The summed E-state index contributed by atoms with van der Waals surface area (Å²) in [6, 6.07) is 1.90. The van der Waals surface area contributed by atoms with Gasteiger partial charge in [0, 0.05) is 36.2 Å². The summed E-state index contributed by atoms with van der Waals surface area (Å²) in [4.78, 5) is 20.4. The standard InChI is InChI=1S/C19H25N3OS/c23-19(15-8-10-20-18(15)14-6-7-14)21-11-9-17-22-16(12-24-17)13-4-2-1-3-5-13/h8,10,12-14,20H,1-7,9,11H2,(H,21,23). The first-order valence-electron chi connectivity index (χ1n) is 9.21. The van der Waals surface area contributed by atoms with Crippen molar-refractivity contribution in [3.8, 4) is 0 Å². The zero-order chi connectivity index (χ0) is 16.4. The minimum atomic E-state index is 0.0437. The molecule has 2 aromatic heterocycles. The number of nitrogens with zero attached hydrogens (tertiary/aromatic N) is 1. The van der Waals surface area contributed by atoms with Crippen LogP contribution in [-0.2, 0) is 6.42 Å². The molecule has 2 saturated carbocycles. The molecule has 0 aromatic carbocycles. The minimum Gasteiger partial charge on any atom is -0.364 e. The van der Waals surface area contributed by atoms with Crippen molar-refractivity contribution in [3.63, 3.8) is 0 Å². The molecule has 128 valence electrons. The Balaban J connectivity index is 1.28. The van der Waals surface area contributed by atoms with Crippen LogP contribution in [0.4, 0.5) is 0 Å².